The van der Waals surface area contributed by atoms with E-state index < -0.39 is 0 Å². The fourth-order valence-corrected chi connectivity index (χ4v) is 3.69. The van der Waals surface area contributed by atoms with Crippen LogP contribution in [0.1, 0.15) is 5.56 Å². The maximum absolute atomic E-state index is 12.6. The third kappa shape index (κ3) is 6.95. The van der Waals surface area contributed by atoms with Gasteiger partial charge in [0.15, 0.2) is 0 Å². The second-order valence-corrected chi connectivity index (χ2v) is 8.09. The van der Waals surface area contributed by atoms with E-state index >= 15 is 0 Å². The van der Waals surface area contributed by atoms with Crippen molar-refractivity contribution in [2.75, 3.05) is 58.7 Å². The van der Waals surface area contributed by atoms with Crippen LogP contribution < -0.4 is 10.1 Å². The molecule has 0 bridgehead atoms. The Kier molecular flexibility index (Phi) is 8.28. The minimum atomic E-state index is -0.0874. The van der Waals surface area contributed by atoms with E-state index in [0.717, 1.165) is 37.5 Å². The number of piperazine rings is 1. The Hall–Kier alpha value is -2.61. The van der Waals surface area contributed by atoms with Crippen molar-refractivity contribution < 1.29 is 14.3 Å². The number of hydrogen-bond acceptors (Lipinski definition) is 5. The first-order chi connectivity index (χ1) is 14.9. The van der Waals surface area contributed by atoms with Gasteiger partial charge in [-0.3, -0.25) is 19.4 Å². The summed E-state index contributed by atoms with van der Waals surface area (Å²) in [6.07, 6.45) is 0. The fourth-order valence-electron chi connectivity index (χ4n) is 3.51. The van der Waals surface area contributed by atoms with E-state index in [1.54, 1.807) is 24.1 Å². The Labute approximate surface area is 188 Å². The number of methoxy groups -OCH3 is 1. The summed E-state index contributed by atoms with van der Waals surface area (Å²) in [6.45, 7) is 4.20. The summed E-state index contributed by atoms with van der Waals surface area (Å²) < 4.78 is 5.24. The largest absolute Gasteiger partial charge is 0.497 e. The highest BCUT2D eigenvalue weighted by atomic mass is 35.5. The summed E-state index contributed by atoms with van der Waals surface area (Å²) in [6, 6.07) is 14.9. The number of para-hydroxylation sites is 1. The first kappa shape index (κ1) is 23.1. The Balaban J connectivity index is 1.40. The number of nitrogens with one attached hydrogen (secondary N) is 1. The van der Waals surface area contributed by atoms with Crippen LogP contribution in [0.25, 0.3) is 0 Å². The average Bonchev–Trinajstić information content (AvgIpc) is 2.76. The smallest absolute Gasteiger partial charge is 0.238 e. The van der Waals surface area contributed by atoms with Gasteiger partial charge in [-0.15, -0.1) is 0 Å². The number of hydrogen-bond donors (Lipinski definition) is 1. The van der Waals surface area contributed by atoms with Gasteiger partial charge in [0, 0.05) is 39.8 Å². The second-order valence-electron chi connectivity index (χ2n) is 7.68. The molecule has 8 heteroatoms. The van der Waals surface area contributed by atoms with Crippen LogP contribution in [0.5, 0.6) is 5.75 Å². The van der Waals surface area contributed by atoms with Gasteiger partial charge in [0.2, 0.25) is 11.8 Å². The summed E-state index contributed by atoms with van der Waals surface area (Å²) in [7, 11) is 3.45. The van der Waals surface area contributed by atoms with Crippen LogP contribution in [-0.2, 0) is 16.1 Å². The molecular formula is C23H29ClN4O3. The summed E-state index contributed by atoms with van der Waals surface area (Å²) in [5.41, 5.74) is 1.65. The highest BCUT2D eigenvalue weighted by Gasteiger charge is 2.22. The van der Waals surface area contributed by atoms with Crippen molar-refractivity contribution in [1.82, 2.24) is 14.7 Å². The van der Waals surface area contributed by atoms with Crippen LogP contribution in [0.15, 0.2) is 48.5 Å². The van der Waals surface area contributed by atoms with Crippen LogP contribution in [0.2, 0.25) is 5.02 Å². The van der Waals surface area contributed by atoms with E-state index in [1.807, 2.05) is 43.4 Å². The Morgan fingerprint density at radius 1 is 1.03 bits per heavy atom. The van der Waals surface area contributed by atoms with Crippen molar-refractivity contribution >= 4 is 29.1 Å². The van der Waals surface area contributed by atoms with E-state index in [0.29, 0.717) is 30.3 Å². The number of ether oxygens (including phenoxy) is 1. The first-order valence-electron chi connectivity index (χ1n) is 10.3. The minimum Gasteiger partial charge on any atom is -0.497 e. The van der Waals surface area contributed by atoms with Crippen LogP contribution in [0, 0.1) is 0 Å². The minimum absolute atomic E-state index is 0.0766. The van der Waals surface area contributed by atoms with E-state index in [2.05, 4.69) is 15.1 Å². The number of carbonyl (C=O) groups is 2. The number of anilines is 1. The van der Waals surface area contributed by atoms with E-state index in [1.165, 1.54) is 0 Å². The van der Waals surface area contributed by atoms with E-state index in [-0.39, 0.29) is 11.8 Å². The maximum Gasteiger partial charge on any atom is 0.238 e. The predicted molar refractivity (Wildman–Crippen MR) is 122 cm³/mol. The molecule has 1 fully saturated rings. The molecule has 31 heavy (non-hydrogen) atoms. The second kappa shape index (κ2) is 11.1. The lowest BCUT2D eigenvalue weighted by Crippen LogP contribution is -2.51. The Morgan fingerprint density at radius 2 is 1.71 bits per heavy atom. The topological polar surface area (TPSA) is 65.1 Å². The monoisotopic (exact) mass is 444 g/mol. The summed E-state index contributed by atoms with van der Waals surface area (Å²) >= 11 is 6.09. The zero-order chi connectivity index (χ0) is 22.2. The molecule has 0 atom stereocenters. The molecule has 0 radical (unpaired) electrons. The molecule has 1 aliphatic heterocycles. The molecule has 166 valence electrons. The average molecular weight is 445 g/mol. The molecule has 1 heterocycles. The van der Waals surface area contributed by atoms with Crippen molar-refractivity contribution in [3.63, 3.8) is 0 Å². The zero-order valence-electron chi connectivity index (χ0n) is 18.0. The molecule has 1 N–H and O–H groups in total. The molecule has 1 aliphatic rings. The zero-order valence-corrected chi connectivity index (χ0v) is 18.8. The molecule has 3 rings (SSSR count). The normalized spacial score (nSPS) is 14.8. The van der Waals surface area contributed by atoms with Crippen LogP contribution in [-0.4, -0.2) is 79.9 Å². The number of rotatable bonds is 8. The third-order valence-corrected chi connectivity index (χ3v) is 5.65. The molecule has 1 saturated heterocycles. The van der Waals surface area contributed by atoms with Crippen LogP contribution in [0.4, 0.5) is 5.69 Å². The third-order valence-electron chi connectivity index (χ3n) is 5.32. The molecule has 0 aromatic heterocycles. The van der Waals surface area contributed by atoms with Crippen molar-refractivity contribution in [3.8, 4) is 5.75 Å². The van der Waals surface area contributed by atoms with Gasteiger partial charge in [-0.25, -0.2) is 0 Å². The van der Waals surface area contributed by atoms with Crippen molar-refractivity contribution in [1.29, 1.82) is 0 Å². The summed E-state index contributed by atoms with van der Waals surface area (Å²) in [4.78, 5) is 30.9. The first-order valence-corrected chi connectivity index (χ1v) is 10.7. The van der Waals surface area contributed by atoms with Gasteiger partial charge < -0.3 is 15.0 Å². The van der Waals surface area contributed by atoms with Gasteiger partial charge in [0.25, 0.3) is 0 Å². The maximum atomic E-state index is 12.6. The summed E-state index contributed by atoms with van der Waals surface area (Å²) in [5, 5.41) is 3.38. The number of carbonyl (C=O) groups excluding carboxylic acids is 2. The number of likely N-dealkylation sites (N-methyl/N-ethyl adjacent to an activating group) is 1. The molecule has 2 amide bonds. The molecule has 0 saturated carbocycles. The lowest BCUT2D eigenvalue weighted by atomic mass is 10.2. The lowest BCUT2D eigenvalue weighted by Gasteiger charge is -2.34. The van der Waals surface area contributed by atoms with Crippen molar-refractivity contribution in [2.45, 2.75) is 6.54 Å². The molecular weight excluding hydrogens is 416 g/mol. The molecule has 0 unspecified atom stereocenters. The molecule has 0 spiro atoms. The van der Waals surface area contributed by atoms with Crippen LogP contribution in [0.3, 0.4) is 0 Å². The van der Waals surface area contributed by atoms with Crippen molar-refractivity contribution in [3.05, 3.63) is 59.1 Å². The fraction of sp³-hybridized carbons (Fsp3) is 0.391. The van der Waals surface area contributed by atoms with Gasteiger partial charge in [0.1, 0.15) is 5.75 Å². The molecule has 7 nitrogen and oxygen atoms in total. The Bertz CT molecular complexity index is 900. The number of benzene rings is 2. The molecule has 0 aliphatic carbocycles. The highest BCUT2D eigenvalue weighted by molar-refractivity contribution is 6.33. The predicted octanol–water partition coefficient (Wildman–Crippen LogP) is 2.56. The van der Waals surface area contributed by atoms with E-state index in [9.17, 15) is 9.59 Å². The standard InChI is InChI=1S/C23H29ClN4O3/c1-26(15-18-6-5-7-19(14-18)31-2)23(30)17-28-12-10-27(11-13-28)16-22(29)25-21-9-4-3-8-20(21)24/h3-9,14H,10-13,15-17H2,1-2H3,(H,25,29). The van der Waals surface area contributed by atoms with Gasteiger partial charge in [-0.05, 0) is 29.8 Å². The SMILES string of the molecule is COc1cccc(CN(C)C(=O)CN2CCN(CC(=O)Nc3ccccc3Cl)CC2)c1. The molecule has 2 aromatic carbocycles. The molecule has 2 aromatic rings. The van der Waals surface area contributed by atoms with Gasteiger partial charge in [-0.1, -0.05) is 35.9 Å². The highest BCUT2D eigenvalue weighted by Crippen LogP contribution is 2.20. The summed E-state index contributed by atoms with van der Waals surface area (Å²) in [5.74, 6) is 0.774. The quantitative estimate of drug-likeness (QED) is 0.678. The number of amides is 2. The number of halogens is 1. The van der Waals surface area contributed by atoms with E-state index in [4.69, 9.17) is 16.3 Å². The van der Waals surface area contributed by atoms with Crippen LogP contribution >= 0.6 is 11.6 Å². The van der Waals surface area contributed by atoms with Gasteiger partial charge in [0.05, 0.1) is 30.9 Å². The van der Waals surface area contributed by atoms with Gasteiger partial charge >= 0.3 is 0 Å². The Morgan fingerprint density at radius 3 is 2.39 bits per heavy atom. The van der Waals surface area contributed by atoms with Gasteiger partial charge in [-0.2, -0.15) is 0 Å². The number of nitrogens with zero attached hydrogens (tertiary/aromatic N) is 3. The van der Waals surface area contributed by atoms with Crippen molar-refractivity contribution in [2.24, 2.45) is 0 Å². The lowest BCUT2D eigenvalue weighted by molar-refractivity contribution is -0.132.